The van der Waals surface area contributed by atoms with Gasteiger partial charge in [0.1, 0.15) is 11.5 Å². The molecule has 0 aromatic heterocycles. The Morgan fingerprint density at radius 2 is 1.81 bits per heavy atom. The van der Waals surface area contributed by atoms with Crippen molar-refractivity contribution in [3.63, 3.8) is 0 Å². The average molecular weight is 288 g/mol. The molecule has 2 atom stereocenters. The molecule has 1 N–H and O–H groups in total. The molecule has 3 rings (SSSR count). The molecule has 2 nitrogen and oxygen atoms in total. The second-order valence-corrected chi connectivity index (χ2v) is 5.07. The molecule has 0 spiro atoms. The summed E-state index contributed by atoms with van der Waals surface area (Å²) < 4.78 is 40.7. The molecule has 106 valence electrons. The lowest BCUT2D eigenvalue weighted by atomic mass is 10.1. The Labute approximate surface area is 119 Å². The number of hydrogen-bond donors (Lipinski definition) is 1. The van der Waals surface area contributed by atoms with Crippen molar-refractivity contribution in [3.8, 4) is 6.07 Å². The zero-order chi connectivity index (χ0) is 15.0. The third kappa shape index (κ3) is 2.70. The van der Waals surface area contributed by atoms with E-state index in [0.717, 1.165) is 17.7 Å². The van der Waals surface area contributed by atoms with Crippen molar-refractivity contribution in [2.45, 2.75) is 18.4 Å². The zero-order valence-electron chi connectivity index (χ0n) is 10.9. The molecule has 0 saturated heterocycles. The smallest absolute Gasteiger partial charge is 0.150 e. The van der Waals surface area contributed by atoms with Crippen LogP contribution >= 0.6 is 0 Å². The molecule has 0 unspecified atom stereocenters. The first-order chi connectivity index (χ1) is 10.1. The Morgan fingerprint density at radius 1 is 1.10 bits per heavy atom. The second kappa shape index (κ2) is 5.13. The van der Waals surface area contributed by atoms with Gasteiger partial charge in [-0.05, 0) is 36.2 Å². The van der Waals surface area contributed by atoms with Crippen LogP contribution in [-0.2, 0) is 0 Å². The van der Waals surface area contributed by atoms with Crippen molar-refractivity contribution in [1.82, 2.24) is 0 Å². The third-order valence-electron chi connectivity index (χ3n) is 3.57. The van der Waals surface area contributed by atoms with E-state index in [-0.39, 0.29) is 29.0 Å². The quantitative estimate of drug-likeness (QED) is 0.928. The van der Waals surface area contributed by atoms with E-state index in [0.29, 0.717) is 6.42 Å². The van der Waals surface area contributed by atoms with E-state index >= 15 is 0 Å². The van der Waals surface area contributed by atoms with Gasteiger partial charge in [0.2, 0.25) is 0 Å². The van der Waals surface area contributed by atoms with Crippen molar-refractivity contribution in [2.24, 2.45) is 0 Å². The van der Waals surface area contributed by atoms with E-state index in [1.54, 1.807) is 18.2 Å². The van der Waals surface area contributed by atoms with Gasteiger partial charge in [0.25, 0.3) is 0 Å². The Hall–Kier alpha value is -2.48. The molecule has 0 radical (unpaired) electrons. The lowest BCUT2D eigenvalue weighted by molar-refractivity contribution is 0.586. The van der Waals surface area contributed by atoms with Gasteiger partial charge in [0, 0.05) is 12.0 Å². The summed E-state index contributed by atoms with van der Waals surface area (Å²) >= 11 is 0. The normalized spacial score (nSPS) is 19.9. The molecule has 0 heterocycles. The minimum atomic E-state index is -0.795. The van der Waals surface area contributed by atoms with Crippen LogP contribution in [0, 0.1) is 28.8 Å². The van der Waals surface area contributed by atoms with Crippen LogP contribution in [0.4, 0.5) is 18.9 Å². The van der Waals surface area contributed by atoms with Crippen LogP contribution in [0.25, 0.3) is 0 Å². The third-order valence-corrected chi connectivity index (χ3v) is 3.57. The Bertz CT molecular complexity index is 714. The summed E-state index contributed by atoms with van der Waals surface area (Å²) in [6.07, 6.45) is 0.683. The van der Waals surface area contributed by atoms with Crippen LogP contribution in [0.1, 0.15) is 23.5 Å². The Balaban J connectivity index is 1.77. The fourth-order valence-electron chi connectivity index (χ4n) is 2.42. The van der Waals surface area contributed by atoms with E-state index in [4.69, 9.17) is 5.26 Å². The van der Waals surface area contributed by atoms with E-state index in [1.807, 2.05) is 0 Å². The number of nitriles is 1. The molecule has 0 aliphatic heterocycles. The first kappa shape index (κ1) is 13.5. The van der Waals surface area contributed by atoms with Crippen molar-refractivity contribution in [2.75, 3.05) is 5.32 Å². The van der Waals surface area contributed by atoms with Crippen LogP contribution in [0.3, 0.4) is 0 Å². The number of nitrogens with zero attached hydrogens (tertiary/aromatic N) is 1. The first-order valence-corrected chi connectivity index (χ1v) is 6.49. The lowest BCUT2D eigenvalue weighted by Gasteiger charge is -2.09. The molecule has 1 fully saturated rings. The van der Waals surface area contributed by atoms with Gasteiger partial charge in [0.15, 0.2) is 11.6 Å². The summed E-state index contributed by atoms with van der Waals surface area (Å²) in [6.45, 7) is 0. The van der Waals surface area contributed by atoms with E-state index in [9.17, 15) is 13.2 Å². The topological polar surface area (TPSA) is 35.8 Å². The van der Waals surface area contributed by atoms with Crippen molar-refractivity contribution < 1.29 is 13.2 Å². The summed E-state index contributed by atoms with van der Waals surface area (Å²) in [4.78, 5) is 0. The lowest BCUT2D eigenvalue weighted by Crippen LogP contribution is -2.08. The van der Waals surface area contributed by atoms with Crippen LogP contribution in [0.15, 0.2) is 36.4 Å². The van der Waals surface area contributed by atoms with Gasteiger partial charge in [-0.1, -0.05) is 12.1 Å². The minimum Gasteiger partial charge on any atom is -0.377 e. The summed E-state index contributed by atoms with van der Waals surface area (Å²) in [5.41, 5.74) is 0.507. The highest BCUT2D eigenvalue weighted by Gasteiger charge is 2.39. The fourth-order valence-corrected chi connectivity index (χ4v) is 2.42. The number of rotatable bonds is 3. The largest absolute Gasteiger partial charge is 0.377 e. The summed E-state index contributed by atoms with van der Waals surface area (Å²) in [5.74, 6) is -1.88. The maximum absolute atomic E-state index is 13.8. The van der Waals surface area contributed by atoms with Crippen LogP contribution < -0.4 is 5.32 Å². The van der Waals surface area contributed by atoms with Crippen molar-refractivity contribution >= 4 is 5.69 Å². The maximum atomic E-state index is 13.8. The number of benzene rings is 2. The molecule has 1 aliphatic carbocycles. The summed E-state index contributed by atoms with van der Waals surface area (Å²) in [5, 5.41) is 11.4. The van der Waals surface area contributed by atoms with Crippen LogP contribution in [-0.4, -0.2) is 6.04 Å². The fraction of sp³-hybridized carbons (Fsp3) is 0.188. The monoisotopic (exact) mass is 288 g/mol. The highest BCUT2D eigenvalue weighted by molar-refractivity contribution is 5.53. The molecule has 1 saturated carbocycles. The number of hydrogen-bond acceptors (Lipinski definition) is 2. The molecule has 21 heavy (non-hydrogen) atoms. The standard InChI is InChI=1S/C16H11F3N2/c17-11-3-1-2-10(6-11)12-7-15(12)21-16-13(18)4-9(8-20)5-14(16)19/h1-6,12,15,21H,7H2/t12-,15+/m0/s1. The van der Waals surface area contributed by atoms with Crippen molar-refractivity contribution in [3.05, 3.63) is 65.0 Å². The molecule has 2 aromatic rings. The highest BCUT2D eigenvalue weighted by atomic mass is 19.1. The Morgan fingerprint density at radius 3 is 2.43 bits per heavy atom. The summed E-state index contributed by atoms with van der Waals surface area (Å²) in [6, 6.07) is 9.73. The number of anilines is 1. The van der Waals surface area contributed by atoms with E-state index in [1.165, 1.54) is 12.1 Å². The first-order valence-electron chi connectivity index (χ1n) is 6.49. The van der Waals surface area contributed by atoms with Gasteiger partial charge in [-0.2, -0.15) is 5.26 Å². The van der Waals surface area contributed by atoms with Crippen molar-refractivity contribution in [1.29, 1.82) is 5.26 Å². The molecular weight excluding hydrogens is 277 g/mol. The minimum absolute atomic E-state index is 0.0372. The molecule has 2 aromatic carbocycles. The SMILES string of the molecule is N#Cc1cc(F)c(N[C@@H]2C[C@H]2c2cccc(F)c2)c(F)c1. The van der Waals surface area contributed by atoms with Gasteiger partial charge in [-0.15, -0.1) is 0 Å². The molecule has 1 aliphatic rings. The van der Waals surface area contributed by atoms with E-state index < -0.39 is 11.6 Å². The second-order valence-electron chi connectivity index (χ2n) is 5.07. The van der Waals surface area contributed by atoms with Crippen LogP contribution in [0.2, 0.25) is 0 Å². The van der Waals surface area contributed by atoms with Gasteiger partial charge in [0.05, 0.1) is 11.6 Å². The van der Waals surface area contributed by atoms with Gasteiger partial charge in [-0.3, -0.25) is 0 Å². The van der Waals surface area contributed by atoms with Gasteiger partial charge < -0.3 is 5.32 Å². The molecular formula is C16H11F3N2. The average Bonchev–Trinajstić information content (AvgIpc) is 3.22. The Kier molecular flexibility index (Phi) is 3.30. The molecule has 5 heteroatoms. The molecule has 0 amide bonds. The van der Waals surface area contributed by atoms with Gasteiger partial charge in [-0.25, -0.2) is 13.2 Å². The predicted octanol–water partition coefficient (Wildman–Crippen LogP) is 3.94. The highest BCUT2D eigenvalue weighted by Crippen LogP contribution is 2.43. The summed E-state index contributed by atoms with van der Waals surface area (Å²) in [7, 11) is 0. The zero-order valence-corrected chi connectivity index (χ0v) is 10.9. The maximum Gasteiger partial charge on any atom is 0.150 e. The number of nitrogens with one attached hydrogen (secondary N) is 1. The predicted molar refractivity (Wildman–Crippen MR) is 72.2 cm³/mol. The van der Waals surface area contributed by atoms with E-state index in [2.05, 4.69) is 5.32 Å². The number of halogens is 3. The molecule has 0 bridgehead atoms. The van der Waals surface area contributed by atoms with Crippen LogP contribution in [0.5, 0.6) is 0 Å². The van der Waals surface area contributed by atoms with Gasteiger partial charge >= 0.3 is 0 Å².